The van der Waals surface area contributed by atoms with Gasteiger partial charge in [0, 0.05) is 12.8 Å². The molecule has 47 heavy (non-hydrogen) atoms. The molecule has 5 heteroatoms. The summed E-state index contributed by atoms with van der Waals surface area (Å²) in [5.74, 6) is -1.44. The number of carbonyl (C=O) groups excluding carboxylic acids is 3. The number of hydrogen-bond donors (Lipinski definition) is 0. The lowest BCUT2D eigenvalue weighted by molar-refractivity contribution is -0.201. The van der Waals surface area contributed by atoms with Crippen molar-refractivity contribution in [2.24, 2.45) is 5.92 Å². The highest BCUT2D eigenvalue weighted by Gasteiger charge is 2.34. The molecule has 1 rings (SSSR count). The molecule has 1 fully saturated rings. The molecule has 0 bridgehead atoms. The highest BCUT2D eigenvalue weighted by molar-refractivity contribution is 6.01. The van der Waals surface area contributed by atoms with Crippen LogP contribution in [-0.2, 0) is 19.2 Å². The Morgan fingerprint density at radius 3 is 1.26 bits per heavy atom. The van der Waals surface area contributed by atoms with Gasteiger partial charge in [-0.2, -0.15) is 0 Å². The molecular weight excluding hydrogens is 582 g/mol. The van der Waals surface area contributed by atoms with E-state index in [4.69, 9.17) is 4.84 Å². The lowest BCUT2D eigenvalue weighted by Crippen LogP contribution is -2.34. The van der Waals surface area contributed by atoms with Crippen LogP contribution in [0.15, 0.2) is 48.6 Å². The normalized spacial score (nSPS) is 14.1. The first-order valence-corrected chi connectivity index (χ1v) is 19.8. The molecule has 0 radical (unpaired) electrons. The number of imide groups is 1. The average Bonchev–Trinajstić information content (AvgIpc) is 3.38. The van der Waals surface area contributed by atoms with E-state index in [1.807, 2.05) is 0 Å². The summed E-state index contributed by atoms with van der Waals surface area (Å²) in [5, 5.41) is 0.714. The number of carbonyl (C=O) groups is 3. The van der Waals surface area contributed by atoms with Gasteiger partial charge in [0.2, 0.25) is 0 Å². The lowest BCUT2D eigenvalue weighted by Gasteiger charge is -2.19. The van der Waals surface area contributed by atoms with Crippen LogP contribution in [0.1, 0.15) is 194 Å². The lowest BCUT2D eigenvalue weighted by atomic mass is 9.94. The van der Waals surface area contributed by atoms with Gasteiger partial charge in [-0.3, -0.25) is 9.59 Å². The quantitative estimate of drug-likeness (QED) is 0.0412. The van der Waals surface area contributed by atoms with Crippen molar-refractivity contribution in [3.8, 4) is 0 Å². The van der Waals surface area contributed by atoms with Crippen molar-refractivity contribution >= 4 is 17.8 Å². The molecule has 0 unspecified atom stereocenters. The van der Waals surface area contributed by atoms with E-state index >= 15 is 0 Å². The van der Waals surface area contributed by atoms with E-state index in [0.717, 1.165) is 64.2 Å². The van der Waals surface area contributed by atoms with E-state index in [1.165, 1.54) is 103 Å². The highest BCUT2D eigenvalue weighted by Crippen LogP contribution is 2.23. The highest BCUT2D eigenvalue weighted by atomic mass is 16.7. The molecule has 0 aromatic carbocycles. The molecule has 0 N–H and O–H groups in total. The third-order valence-electron chi connectivity index (χ3n) is 9.03. The third-order valence-corrected chi connectivity index (χ3v) is 9.03. The van der Waals surface area contributed by atoms with Crippen LogP contribution in [0.2, 0.25) is 0 Å². The number of unbranched alkanes of at least 4 members (excludes halogenated alkanes) is 18. The minimum atomic E-state index is -0.404. The fraction of sp³-hybridized carbons (Fsp3) is 0.738. The first kappa shape index (κ1) is 42.6. The van der Waals surface area contributed by atoms with Crippen LogP contribution < -0.4 is 0 Å². The molecule has 5 nitrogen and oxygen atoms in total. The summed E-state index contributed by atoms with van der Waals surface area (Å²) in [7, 11) is 0. The van der Waals surface area contributed by atoms with E-state index in [9.17, 15) is 14.4 Å². The summed E-state index contributed by atoms with van der Waals surface area (Å²) in [5.41, 5.74) is 0. The van der Waals surface area contributed by atoms with E-state index in [2.05, 4.69) is 62.5 Å². The van der Waals surface area contributed by atoms with Gasteiger partial charge in [-0.25, -0.2) is 4.79 Å². The number of allylic oxidation sites excluding steroid dienone is 8. The second-order valence-electron chi connectivity index (χ2n) is 13.4. The number of amides is 2. The predicted octanol–water partition coefficient (Wildman–Crippen LogP) is 12.6. The first-order chi connectivity index (χ1) is 23.1. The number of hydroxylamine groups is 2. The van der Waals surface area contributed by atoms with Gasteiger partial charge in [0.15, 0.2) is 0 Å². The molecular formula is C42H71NO4. The number of nitrogens with zero attached hydrogens (tertiary/aromatic N) is 1. The van der Waals surface area contributed by atoms with E-state index < -0.39 is 17.8 Å². The summed E-state index contributed by atoms with van der Waals surface area (Å²) >= 11 is 0. The fourth-order valence-corrected chi connectivity index (χ4v) is 5.96. The van der Waals surface area contributed by atoms with Gasteiger partial charge in [0.05, 0.1) is 5.92 Å². The van der Waals surface area contributed by atoms with Gasteiger partial charge < -0.3 is 4.84 Å². The van der Waals surface area contributed by atoms with Crippen molar-refractivity contribution in [3.05, 3.63) is 48.6 Å². The Labute approximate surface area is 289 Å². The minimum Gasteiger partial charge on any atom is -0.330 e. The third kappa shape index (κ3) is 25.3. The van der Waals surface area contributed by atoms with Crippen LogP contribution in [0.5, 0.6) is 0 Å². The zero-order valence-electron chi connectivity index (χ0n) is 30.6. The fourth-order valence-electron chi connectivity index (χ4n) is 5.96. The van der Waals surface area contributed by atoms with Crippen LogP contribution in [0.3, 0.4) is 0 Å². The van der Waals surface area contributed by atoms with E-state index in [1.54, 1.807) is 0 Å². The molecule has 0 spiro atoms. The van der Waals surface area contributed by atoms with Crippen molar-refractivity contribution in [3.63, 3.8) is 0 Å². The Balaban J connectivity index is 2.20. The van der Waals surface area contributed by atoms with Gasteiger partial charge >= 0.3 is 5.97 Å². The van der Waals surface area contributed by atoms with Gasteiger partial charge in [-0.1, -0.05) is 152 Å². The van der Waals surface area contributed by atoms with E-state index in [0.29, 0.717) is 5.06 Å². The van der Waals surface area contributed by atoms with Crippen LogP contribution in [-0.4, -0.2) is 22.8 Å². The summed E-state index contributed by atoms with van der Waals surface area (Å²) in [6, 6.07) is 0. The Morgan fingerprint density at radius 2 is 0.872 bits per heavy atom. The molecule has 0 saturated carbocycles. The van der Waals surface area contributed by atoms with Crippen molar-refractivity contribution in [1.29, 1.82) is 0 Å². The zero-order chi connectivity index (χ0) is 34.0. The number of rotatable bonds is 32. The topological polar surface area (TPSA) is 63.7 Å². The first-order valence-electron chi connectivity index (χ1n) is 19.8. The molecule has 1 aliphatic heterocycles. The molecule has 1 heterocycles. The Morgan fingerprint density at radius 1 is 0.532 bits per heavy atom. The molecule has 0 atom stereocenters. The van der Waals surface area contributed by atoms with Gasteiger partial charge in [-0.15, -0.1) is 5.06 Å². The minimum absolute atomic E-state index is 0.134. The molecule has 1 saturated heterocycles. The molecule has 0 aromatic heterocycles. The smallest absolute Gasteiger partial charge is 0.330 e. The Bertz CT molecular complexity index is 838. The van der Waals surface area contributed by atoms with Crippen molar-refractivity contribution in [1.82, 2.24) is 5.06 Å². The molecule has 1 aliphatic rings. The molecule has 0 aromatic rings. The SMILES string of the molecule is CCCCC/C=C\C/C=C\CCCCCCCCC(CCCCCCCC/C=C\C/C=C\CCCCC)C(=O)ON1C(=O)CCC1=O. The van der Waals surface area contributed by atoms with Crippen LogP contribution in [0.25, 0.3) is 0 Å². The van der Waals surface area contributed by atoms with Crippen LogP contribution in [0.4, 0.5) is 0 Å². The summed E-state index contributed by atoms with van der Waals surface area (Å²) in [6.07, 6.45) is 48.8. The summed E-state index contributed by atoms with van der Waals surface area (Å²) in [6.45, 7) is 4.49. The van der Waals surface area contributed by atoms with Gasteiger partial charge in [0.25, 0.3) is 11.8 Å². The summed E-state index contributed by atoms with van der Waals surface area (Å²) < 4.78 is 0. The molecule has 0 aliphatic carbocycles. The van der Waals surface area contributed by atoms with Gasteiger partial charge in [0.1, 0.15) is 0 Å². The Hall–Kier alpha value is -2.43. The standard InChI is InChI=1S/C42H71NO4/c1-3-5-7-9-11-13-15-17-19-21-23-25-27-29-31-33-35-39(42(46)47-43-40(44)37-38-41(43)45)36-34-32-30-28-26-24-22-20-18-16-14-12-10-8-6-4-2/h11-14,17-20,39H,3-10,15-16,21-38H2,1-2H3/b13-11-,14-12-,19-17-,20-18-. The van der Waals surface area contributed by atoms with Crippen molar-refractivity contribution in [2.45, 2.75) is 194 Å². The second kappa shape index (κ2) is 32.1. The van der Waals surface area contributed by atoms with Gasteiger partial charge in [-0.05, 0) is 77.0 Å². The number of hydrogen-bond acceptors (Lipinski definition) is 4. The maximum Gasteiger partial charge on any atom is 0.336 e. The molecule has 2 amide bonds. The van der Waals surface area contributed by atoms with Crippen LogP contribution in [0, 0.1) is 5.92 Å². The largest absolute Gasteiger partial charge is 0.336 e. The molecule has 268 valence electrons. The monoisotopic (exact) mass is 654 g/mol. The predicted molar refractivity (Wildman–Crippen MR) is 199 cm³/mol. The van der Waals surface area contributed by atoms with Crippen LogP contribution >= 0.6 is 0 Å². The zero-order valence-corrected chi connectivity index (χ0v) is 30.6. The van der Waals surface area contributed by atoms with E-state index in [-0.39, 0.29) is 18.8 Å². The maximum absolute atomic E-state index is 13.0. The summed E-state index contributed by atoms with van der Waals surface area (Å²) in [4.78, 5) is 42.3. The Kier molecular flexibility index (Phi) is 29.1. The average molecular weight is 654 g/mol. The second-order valence-corrected chi connectivity index (χ2v) is 13.4. The van der Waals surface area contributed by atoms with Crippen molar-refractivity contribution < 1.29 is 19.2 Å². The van der Waals surface area contributed by atoms with Crippen molar-refractivity contribution in [2.75, 3.05) is 0 Å². The maximum atomic E-state index is 13.0.